The van der Waals surface area contributed by atoms with Crippen molar-refractivity contribution in [3.05, 3.63) is 27.3 Å². The monoisotopic (exact) mass is 335 g/mol. The molecule has 0 aliphatic carbocycles. The molecule has 0 bridgehead atoms. The van der Waals surface area contributed by atoms with E-state index in [0.29, 0.717) is 6.42 Å². The maximum absolute atomic E-state index is 10.9. The highest BCUT2D eigenvalue weighted by atomic mass is 127. The number of carboxylic acid groups (broad SMARTS) is 1. The Bertz CT molecular complexity index is 404. The molecule has 0 aromatic heterocycles. The molecule has 3 N–H and O–H groups in total. The van der Waals surface area contributed by atoms with Crippen LogP contribution in [0, 0.1) is 3.57 Å². The lowest BCUT2D eigenvalue weighted by Gasteiger charge is -2.19. The van der Waals surface area contributed by atoms with Gasteiger partial charge in [0.05, 0.1) is 10.7 Å². The number of halogens is 1. The maximum Gasteiger partial charge on any atom is 0.323 e. The van der Waals surface area contributed by atoms with Gasteiger partial charge >= 0.3 is 5.97 Å². The summed E-state index contributed by atoms with van der Waals surface area (Å²) in [7, 11) is 1.60. The summed E-state index contributed by atoms with van der Waals surface area (Å²) in [4.78, 5) is 10.9. The van der Waals surface area contributed by atoms with Gasteiger partial charge in [0, 0.05) is 6.42 Å². The number of ether oxygens (including phenoxy) is 1. The van der Waals surface area contributed by atoms with Crippen LogP contribution in [0.5, 0.6) is 5.75 Å². The normalized spacial score (nSPS) is 14.2. The van der Waals surface area contributed by atoms with E-state index in [0.717, 1.165) is 14.9 Å². The number of nitrogens with two attached hydrogens (primary N) is 1. The fraction of sp³-hybridized carbons (Fsp3) is 0.364. The van der Waals surface area contributed by atoms with E-state index in [2.05, 4.69) is 22.6 Å². The molecule has 1 rings (SSSR count). The molecule has 4 nitrogen and oxygen atoms in total. The van der Waals surface area contributed by atoms with E-state index >= 15 is 0 Å². The minimum absolute atomic E-state index is 0.294. The van der Waals surface area contributed by atoms with E-state index < -0.39 is 11.5 Å². The largest absolute Gasteiger partial charge is 0.496 e. The molecule has 5 heteroatoms. The molecule has 1 atom stereocenters. The zero-order chi connectivity index (χ0) is 12.3. The van der Waals surface area contributed by atoms with Crippen molar-refractivity contribution in [1.29, 1.82) is 0 Å². The van der Waals surface area contributed by atoms with E-state index in [9.17, 15) is 4.79 Å². The SMILES string of the molecule is COc1ccc(CC(C)(N)C(=O)O)cc1I. The van der Waals surface area contributed by atoms with Crippen molar-refractivity contribution in [3.63, 3.8) is 0 Å². The first kappa shape index (κ1) is 13.2. The molecular formula is C11H14INO3. The average Bonchev–Trinajstić information content (AvgIpc) is 2.17. The molecule has 1 unspecified atom stereocenters. The molecule has 1 aromatic rings. The standard InChI is InChI=1S/C11H14INO3/c1-11(13,10(14)15)6-7-3-4-9(16-2)8(12)5-7/h3-5H,6,13H2,1-2H3,(H,14,15). The molecule has 0 saturated heterocycles. The topological polar surface area (TPSA) is 72.5 Å². The molecule has 1 aromatic carbocycles. The fourth-order valence-electron chi connectivity index (χ4n) is 1.32. The average molecular weight is 335 g/mol. The Hall–Kier alpha value is -0.820. The van der Waals surface area contributed by atoms with Crippen LogP contribution in [0.2, 0.25) is 0 Å². The number of benzene rings is 1. The molecule has 0 saturated carbocycles. The van der Waals surface area contributed by atoms with Gasteiger partial charge < -0.3 is 15.6 Å². The first-order valence-corrected chi connectivity index (χ1v) is 5.79. The maximum atomic E-state index is 10.9. The Morgan fingerprint density at radius 1 is 1.62 bits per heavy atom. The highest BCUT2D eigenvalue weighted by molar-refractivity contribution is 14.1. The van der Waals surface area contributed by atoms with Crippen molar-refractivity contribution < 1.29 is 14.6 Å². The quantitative estimate of drug-likeness (QED) is 0.821. The Labute approximate surface area is 108 Å². The first-order chi connectivity index (χ1) is 7.36. The van der Waals surface area contributed by atoms with Gasteiger partial charge in [-0.1, -0.05) is 6.07 Å². The lowest BCUT2D eigenvalue weighted by molar-refractivity contribution is -0.142. The second kappa shape index (κ2) is 5.01. The number of aliphatic carboxylic acids is 1. The van der Waals surface area contributed by atoms with Gasteiger partial charge in [-0.3, -0.25) is 4.79 Å². The molecule has 0 spiro atoms. The summed E-state index contributed by atoms with van der Waals surface area (Å²) in [6.45, 7) is 1.51. The lowest BCUT2D eigenvalue weighted by atomic mass is 9.94. The second-order valence-corrected chi connectivity index (χ2v) is 5.03. The first-order valence-electron chi connectivity index (χ1n) is 4.71. The number of methoxy groups -OCH3 is 1. The minimum Gasteiger partial charge on any atom is -0.496 e. The molecule has 0 heterocycles. The second-order valence-electron chi connectivity index (χ2n) is 3.87. The summed E-state index contributed by atoms with van der Waals surface area (Å²) in [6.07, 6.45) is 0.294. The van der Waals surface area contributed by atoms with Gasteiger partial charge in [0.15, 0.2) is 0 Å². The predicted molar refractivity (Wildman–Crippen MR) is 69.6 cm³/mol. The lowest BCUT2D eigenvalue weighted by Crippen LogP contribution is -2.46. The van der Waals surface area contributed by atoms with E-state index in [1.54, 1.807) is 7.11 Å². The van der Waals surface area contributed by atoms with Gasteiger partial charge in [0.2, 0.25) is 0 Å². The third kappa shape index (κ3) is 3.08. The fourth-order valence-corrected chi connectivity index (χ4v) is 2.12. The van der Waals surface area contributed by atoms with Crippen LogP contribution >= 0.6 is 22.6 Å². The van der Waals surface area contributed by atoms with Crippen LogP contribution < -0.4 is 10.5 Å². The highest BCUT2D eigenvalue weighted by Gasteiger charge is 2.28. The number of carboxylic acids is 1. The van der Waals surface area contributed by atoms with Crippen LogP contribution in [0.3, 0.4) is 0 Å². The zero-order valence-corrected chi connectivity index (χ0v) is 11.3. The van der Waals surface area contributed by atoms with Crippen LogP contribution in [-0.2, 0) is 11.2 Å². The van der Waals surface area contributed by atoms with Crippen LogP contribution in [-0.4, -0.2) is 23.7 Å². The summed E-state index contributed by atoms with van der Waals surface area (Å²) < 4.78 is 6.07. The van der Waals surface area contributed by atoms with Crippen LogP contribution in [0.4, 0.5) is 0 Å². The smallest absolute Gasteiger partial charge is 0.323 e. The molecule has 16 heavy (non-hydrogen) atoms. The molecular weight excluding hydrogens is 321 g/mol. The number of hydrogen-bond acceptors (Lipinski definition) is 3. The summed E-state index contributed by atoms with van der Waals surface area (Å²) >= 11 is 2.14. The van der Waals surface area contributed by atoms with Crippen molar-refractivity contribution >= 4 is 28.6 Å². The number of rotatable bonds is 4. The molecule has 0 aliphatic heterocycles. The zero-order valence-electron chi connectivity index (χ0n) is 9.16. The Morgan fingerprint density at radius 3 is 2.69 bits per heavy atom. The molecule has 0 amide bonds. The van der Waals surface area contributed by atoms with Gasteiger partial charge in [-0.25, -0.2) is 0 Å². The van der Waals surface area contributed by atoms with Gasteiger partial charge in [-0.05, 0) is 47.2 Å². The molecule has 0 fully saturated rings. The van der Waals surface area contributed by atoms with E-state index in [1.807, 2.05) is 18.2 Å². The van der Waals surface area contributed by atoms with E-state index in [4.69, 9.17) is 15.6 Å². The predicted octanol–water partition coefficient (Wildman–Crippen LogP) is 1.64. The Balaban J connectivity index is 2.91. The highest BCUT2D eigenvalue weighted by Crippen LogP contribution is 2.23. The van der Waals surface area contributed by atoms with Crippen LogP contribution in [0.1, 0.15) is 12.5 Å². The van der Waals surface area contributed by atoms with E-state index in [-0.39, 0.29) is 0 Å². The third-order valence-electron chi connectivity index (χ3n) is 2.28. The molecule has 0 radical (unpaired) electrons. The molecule has 0 aliphatic rings. The van der Waals surface area contributed by atoms with Gasteiger partial charge in [-0.2, -0.15) is 0 Å². The summed E-state index contributed by atoms with van der Waals surface area (Å²) in [5.74, 6) is -0.225. The summed E-state index contributed by atoms with van der Waals surface area (Å²) in [5, 5.41) is 8.92. The van der Waals surface area contributed by atoms with Gasteiger partial charge in [0.1, 0.15) is 11.3 Å². The third-order valence-corrected chi connectivity index (χ3v) is 3.12. The Kier molecular flexibility index (Phi) is 4.15. The van der Waals surface area contributed by atoms with Crippen molar-refractivity contribution in [3.8, 4) is 5.75 Å². The summed E-state index contributed by atoms with van der Waals surface area (Å²) in [5.41, 5.74) is 5.33. The van der Waals surface area contributed by atoms with Crippen LogP contribution in [0.25, 0.3) is 0 Å². The Morgan fingerprint density at radius 2 is 2.25 bits per heavy atom. The minimum atomic E-state index is -1.24. The van der Waals surface area contributed by atoms with Crippen molar-refractivity contribution in [2.24, 2.45) is 5.73 Å². The number of hydrogen-bond donors (Lipinski definition) is 2. The van der Waals surface area contributed by atoms with Crippen molar-refractivity contribution in [2.75, 3.05) is 7.11 Å². The van der Waals surface area contributed by atoms with Crippen molar-refractivity contribution in [1.82, 2.24) is 0 Å². The summed E-state index contributed by atoms with van der Waals surface area (Å²) in [6, 6.07) is 5.53. The van der Waals surface area contributed by atoms with Gasteiger partial charge in [0.25, 0.3) is 0 Å². The van der Waals surface area contributed by atoms with Crippen molar-refractivity contribution in [2.45, 2.75) is 18.9 Å². The number of carbonyl (C=O) groups is 1. The van der Waals surface area contributed by atoms with Crippen LogP contribution in [0.15, 0.2) is 18.2 Å². The molecule has 88 valence electrons. The van der Waals surface area contributed by atoms with Gasteiger partial charge in [-0.15, -0.1) is 0 Å². The van der Waals surface area contributed by atoms with E-state index in [1.165, 1.54) is 6.92 Å².